The average Bonchev–Trinajstić information content (AvgIpc) is 1.88. The van der Waals surface area contributed by atoms with Crippen molar-refractivity contribution >= 4 is 0 Å². The van der Waals surface area contributed by atoms with Gasteiger partial charge in [-0.15, -0.1) is 0 Å². The molecule has 0 heterocycles. The van der Waals surface area contributed by atoms with Crippen molar-refractivity contribution in [1.82, 2.24) is 0 Å². The van der Waals surface area contributed by atoms with Crippen LogP contribution in [0.5, 0.6) is 0 Å². The first-order chi connectivity index (χ1) is 4.22. The van der Waals surface area contributed by atoms with Gasteiger partial charge in [0.2, 0.25) is 0 Å². The van der Waals surface area contributed by atoms with E-state index in [-0.39, 0.29) is 13.2 Å². The van der Waals surface area contributed by atoms with Gasteiger partial charge in [0.05, 0.1) is 13.2 Å². The first-order valence-corrected chi connectivity index (χ1v) is 3.39. The van der Waals surface area contributed by atoms with Gasteiger partial charge in [-0.3, -0.25) is 0 Å². The van der Waals surface area contributed by atoms with Crippen LogP contribution in [0, 0.1) is 0 Å². The zero-order valence-electron chi connectivity index (χ0n) is 4.65. The van der Waals surface area contributed by atoms with Gasteiger partial charge in [0, 0.05) is 0 Å². The van der Waals surface area contributed by atoms with Crippen molar-refractivity contribution in [1.29, 1.82) is 0 Å². The van der Waals surface area contributed by atoms with Crippen LogP contribution in [0.1, 0.15) is 0 Å². The van der Waals surface area contributed by atoms with Crippen LogP contribution in [0.2, 0.25) is 0 Å². The summed E-state index contributed by atoms with van der Waals surface area (Å²) in [6.07, 6.45) is -0.954. The molecular formula is C3H8O5Ti. The molecular weight excluding hydrogens is 164 g/mol. The van der Waals surface area contributed by atoms with Crippen LogP contribution in [-0.2, 0) is 25.7 Å². The maximum atomic E-state index is 8.50. The summed E-state index contributed by atoms with van der Waals surface area (Å²) in [6.45, 7) is -0.729. The molecule has 0 amide bonds. The topological polar surface area (TPSA) is 94.8 Å². The summed E-state index contributed by atoms with van der Waals surface area (Å²) in [5, 5.41) is 24.0. The quantitative estimate of drug-likeness (QED) is 0.422. The van der Waals surface area contributed by atoms with Gasteiger partial charge in [0.1, 0.15) is 6.10 Å². The van der Waals surface area contributed by atoms with Crippen molar-refractivity contribution in [3.63, 3.8) is 0 Å². The van der Waals surface area contributed by atoms with Gasteiger partial charge >= 0.3 is 25.7 Å². The molecule has 9 heavy (non-hydrogen) atoms. The van der Waals surface area contributed by atoms with Gasteiger partial charge in [-0.05, 0) is 0 Å². The summed E-state index contributed by atoms with van der Waals surface area (Å²) >= 11 is -2.00. The van der Waals surface area contributed by atoms with Crippen LogP contribution in [0.4, 0.5) is 0 Å². The van der Waals surface area contributed by atoms with E-state index >= 15 is 0 Å². The molecule has 54 valence electrons. The normalized spacial score (nSPS) is 7.56. The first kappa shape index (κ1) is 11.9. The molecule has 0 aliphatic heterocycles. The van der Waals surface area contributed by atoms with Crippen LogP contribution < -0.4 is 0 Å². The first-order valence-electron chi connectivity index (χ1n) is 2.12. The molecule has 0 atom stereocenters. The fraction of sp³-hybridized carbons (Fsp3) is 1.00. The third-order valence-electron chi connectivity index (χ3n) is 0.421. The Hall–Kier alpha value is 0.194. The Kier molecular flexibility index (Phi) is 14.6. The van der Waals surface area contributed by atoms with Crippen molar-refractivity contribution in [3.05, 3.63) is 0 Å². The Labute approximate surface area is 60.9 Å². The van der Waals surface area contributed by atoms with Crippen molar-refractivity contribution < 1.29 is 41.1 Å². The van der Waals surface area contributed by atoms with Crippen molar-refractivity contribution in [3.8, 4) is 0 Å². The molecule has 0 fully saturated rings. The third kappa shape index (κ3) is 17.9. The Morgan fingerprint density at radius 3 is 1.44 bits per heavy atom. The average molecular weight is 172 g/mol. The monoisotopic (exact) mass is 172 g/mol. The van der Waals surface area contributed by atoms with Gasteiger partial charge in [-0.1, -0.05) is 0 Å². The van der Waals surface area contributed by atoms with E-state index in [1.165, 1.54) is 0 Å². The van der Waals surface area contributed by atoms with E-state index < -0.39 is 25.2 Å². The van der Waals surface area contributed by atoms with Crippen molar-refractivity contribution in [2.24, 2.45) is 0 Å². The second-order valence-corrected chi connectivity index (χ2v) is 1.36. The molecule has 0 unspecified atom stereocenters. The summed E-state index contributed by atoms with van der Waals surface area (Å²) in [5.41, 5.74) is 0. The Balaban J connectivity index is 0. The molecule has 5 nitrogen and oxygen atoms in total. The molecule has 0 rings (SSSR count). The van der Waals surface area contributed by atoms with E-state index in [2.05, 4.69) is 0 Å². The van der Waals surface area contributed by atoms with Gasteiger partial charge < -0.3 is 15.3 Å². The van der Waals surface area contributed by atoms with Crippen LogP contribution in [0.15, 0.2) is 0 Å². The third-order valence-corrected chi connectivity index (χ3v) is 0.421. The van der Waals surface area contributed by atoms with E-state index in [0.717, 1.165) is 0 Å². The van der Waals surface area contributed by atoms with E-state index in [1.807, 2.05) is 0 Å². The minimum absolute atomic E-state index is 0.365. The Morgan fingerprint density at radius 1 is 1.22 bits per heavy atom. The van der Waals surface area contributed by atoms with Crippen molar-refractivity contribution in [2.75, 3.05) is 13.2 Å². The van der Waals surface area contributed by atoms with Gasteiger partial charge in [0.25, 0.3) is 0 Å². The van der Waals surface area contributed by atoms with Gasteiger partial charge in [0.15, 0.2) is 0 Å². The SMILES string of the molecule is OCC(O)CO.[O]=[Ti]=[O]. The standard InChI is InChI=1S/C3H8O3.2O.Ti/c4-1-3(6)2-5;;;/h3-6H,1-2H2;;;. The number of rotatable bonds is 2. The van der Waals surface area contributed by atoms with Gasteiger partial charge in [-0.2, -0.15) is 0 Å². The fourth-order valence-electron chi connectivity index (χ4n) is 0.0577. The second kappa shape index (κ2) is 11.1. The summed E-state index contributed by atoms with van der Waals surface area (Å²) in [7, 11) is 0. The minimum atomic E-state index is -2.00. The van der Waals surface area contributed by atoms with Crippen LogP contribution >= 0.6 is 0 Å². The predicted molar refractivity (Wildman–Crippen MR) is 21.6 cm³/mol. The predicted octanol–water partition coefficient (Wildman–Crippen LogP) is -1.91. The molecule has 0 aromatic rings. The van der Waals surface area contributed by atoms with E-state index in [4.69, 9.17) is 22.0 Å². The molecule has 0 aromatic heterocycles. The van der Waals surface area contributed by atoms with Crippen LogP contribution in [0.3, 0.4) is 0 Å². The number of hydrogen-bond acceptors (Lipinski definition) is 5. The molecule has 0 bridgehead atoms. The fourth-order valence-corrected chi connectivity index (χ4v) is 0.0577. The number of aliphatic hydroxyl groups excluding tert-OH is 3. The summed E-state index contributed by atoms with van der Waals surface area (Å²) in [4.78, 5) is 0. The Bertz CT molecular complexity index is 74.3. The van der Waals surface area contributed by atoms with E-state index in [9.17, 15) is 0 Å². The zero-order chi connectivity index (χ0) is 7.70. The summed E-state index contributed by atoms with van der Waals surface area (Å²) in [6, 6.07) is 0. The molecule has 0 saturated carbocycles. The molecule has 3 N–H and O–H groups in total. The van der Waals surface area contributed by atoms with Crippen LogP contribution in [-0.4, -0.2) is 34.6 Å². The van der Waals surface area contributed by atoms with Crippen LogP contribution in [0.25, 0.3) is 0 Å². The van der Waals surface area contributed by atoms with E-state index in [1.54, 1.807) is 0 Å². The van der Waals surface area contributed by atoms with E-state index in [0.29, 0.717) is 0 Å². The number of hydrogen-bond donors (Lipinski definition) is 3. The summed E-state index contributed by atoms with van der Waals surface area (Å²) in [5.74, 6) is 0. The Morgan fingerprint density at radius 2 is 1.44 bits per heavy atom. The molecule has 6 heteroatoms. The molecule has 0 spiro atoms. The molecule has 0 saturated heterocycles. The van der Waals surface area contributed by atoms with Gasteiger partial charge in [-0.25, -0.2) is 0 Å². The van der Waals surface area contributed by atoms with Crippen molar-refractivity contribution in [2.45, 2.75) is 6.10 Å². The molecule has 0 radical (unpaired) electrons. The molecule has 0 aliphatic rings. The molecule has 0 aromatic carbocycles. The zero-order valence-corrected chi connectivity index (χ0v) is 6.21. The molecule has 0 aliphatic carbocycles. The summed E-state index contributed by atoms with van der Waals surface area (Å²) < 4.78 is 17.0. The number of aliphatic hydroxyl groups is 3. The maximum absolute atomic E-state index is 8.50. The second-order valence-electron chi connectivity index (χ2n) is 1.10.